The molecule has 0 spiro atoms. The monoisotopic (exact) mass is 457 g/mol. The Labute approximate surface area is 201 Å². The van der Waals surface area contributed by atoms with Crippen LogP contribution in [0.3, 0.4) is 0 Å². The van der Waals surface area contributed by atoms with Crippen LogP contribution in [0.25, 0.3) is 11.1 Å². The highest BCUT2D eigenvalue weighted by molar-refractivity contribution is 5.82. The zero-order valence-corrected chi connectivity index (χ0v) is 20.1. The van der Waals surface area contributed by atoms with Gasteiger partial charge in [-0.25, -0.2) is 9.59 Å². The number of benzene rings is 3. The van der Waals surface area contributed by atoms with Gasteiger partial charge in [-0.05, 0) is 55.5 Å². The first-order valence-electron chi connectivity index (χ1n) is 11.6. The van der Waals surface area contributed by atoms with Gasteiger partial charge in [0.2, 0.25) is 0 Å². The molecule has 0 saturated carbocycles. The van der Waals surface area contributed by atoms with Crippen molar-refractivity contribution in [1.82, 2.24) is 5.32 Å². The zero-order valence-electron chi connectivity index (χ0n) is 20.1. The maximum Gasteiger partial charge on any atom is 0.407 e. The van der Waals surface area contributed by atoms with Crippen LogP contribution in [0.1, 0.15) is 48.9 Å². The summed E-state index contributed by atoms with van der Waals surface area (Å²) in [6.45, 7) is 7.61. The van der Waals surface area contributed by atoms with Crippen molar-refractivity contribution in [3.63, 3.8) is 0 Å². The Morgan fingerprint density at radius 3 is 2.00 bits per heavy atom. The van der Waals surface area contributed by atoms with E-state index < -0.39 is 23.7 Å². The summed E-state index contributed by atoms with van der Waals surface area (Å²) >= 11 is 0. The molecule has 1 amide bonds. The number of alkyl carbamates (subject to hydrolysis) is 1. The van der Waals surface area contributed by atoms with Crippen LogP contribution in [0.5, 0.6) is 0 Å². The number of hydrogen-bond donors (Lipinski definition) is 1. The predicted octanol–water partition coefficient (Wildman–Crippen LogP) is 5.79. The third kappa shape index (κ3) is 5.48. The number of fused-ring (bicyclic) bond motifs is 3. The lowest BCUT2D eigenvalue weighted by Gasteiger charge is -2.25. The zero-order chi connectivity index (χ0) is 24.3. The first-order valence-corrected chi connectivity index (χ1v) is 11.6. The van der Waals surface area contributed by atoms with E-state index in [1.165, 1.54) is 0 Å². The van der Waals surface area contributed by atoms with E-state index in [1.54, 1.807) is 20.8 Å². The number of amides is 1. The highest BCUT2D eigenvalue weighted by atomic mass is 16.6. The smallest absolute Gasteiger partial charge is 0.407 e. The molecule has 1 N–H and O–H groups in total. The second kappa shape index (κ2) is 9.72. The van der Waals surface area contributed by atoms with Crippen LogP contribution >= 0.6 is 0 Å². The lowest BCUT2D eigenvalue weighted by Crippen LogP contribution is -2.46. The maximum atomic E-state index is 12.9. The van der Waals surface area contributed by atoms with Crippen molar-refractivity contribution < 1.29 is 19.1 Å². The summed E-state index contributed by atoms with van der Waals surface area (Å²) < 4.78 is 11.2. The van der Waals surface area contributed by atoms with Gasteiger partial charge in [0.05, 0.1) is 0 Å². The van der Waals surface area contributed by atoms with Gasteiger partial charge in [-0.2, -0.15) is 0 Å². The van der Waals surface area contributed by atoms with E-state index in [0.717, 1.165) is 33.4 Å². The van der Waals surface area contributed by atoms with Crippen LogP contribution in [-0.2, 0) is 20.7 Å². The van der Waals surface area contributed by atoms with Gasteiger partial charge in [-0.3, -0.25) is 0 Å². The molecule has 1 atom stereocenters. The van der Waals surface area contributed by atoms with Crippen LogP contribution in [0.15, 0.2) is 72.8 Å². The standard InChI is InChI=1S/C29H31NO4/c1-19-13-15-20(16-14-19)17-26(27(31)34-29(2,3)4)30-28(32)33-18-25-23-11-7-5-9-21(23)22-10-6-8-12-24(22)25/h5-16,25-26H,17-18H2,1-4H3,(H,30,32). The fraction of sp³-hybridized carbons (Fsp3) is 0.310. The Morgan fingerprint density at radius 2 is 1.44 bits per heavy atom. The molecule has 5 heteroatoms. The molecule has 0 bridgehead atoms. The molecule has 0 fully saturated rings. The summed E-state index contributed by atoms with van der Waals surface area (Å²) in [5.74, 6) is -0.531. The molecule has 1 unspecified atom stereocenters. The number of carbonyl (C=O) groups is 2. The SMILES string of the molecule is Cc1ccc(CC(NC(=O)OCC2c3ccccc3-c3ccccc32)C(=O)OC(C)(C)C)cc1. The van der Waals surface area contributed by atoms with Crippen LogP contribution in [0.2, 0.25) is 0 Å². The van der Waals surface area contributed by atoms with Crippen LogP contribution < -0.4 is 5.32 Å². The summed E-state index contributed by atoms with van der Waals surface area (Å²) in [4.78, 5) is 25.7. The number of ether oxygens (including phenoxy) is 2. The minimum atomic E-state index is -0.849. The summed E-state index contributed by atoms with van der Waals surface area (Å²) in [7, 11) is 0. The average molecular weight is 458 g/mol. The minimum absolute atomic E-state index is 0.0461. The number of carbonyl (C=O) groups excluding carboxylic acids is 2. The Morgan fingerprint density at radius 1 is 0.882 bits per heavy atom. The van der Waals surface area contributed by atoms with Crippen molar-refractivity contribution >= 4 is 12.1 Å². The predicted molar refractivity (Wildman–Crippen MR) is 133 cm³/mol. The molecule has 1 aliphatic rings. The first kappa shape index (κ1) is 23.6. The fourth-order valence-electron chi connectivity index (χ4n) is 4.31. The number of hydrogen-bond acceptors (Lipinski definition) is 4. The quantitative estimate of drug-likeness (QED) is 0.476. The molecule has 3 aromatic rings. The van der Waals surface area contributed by atoms with Crippen molar-refractivity contribution in [3.8, 4) is 11.1 Å². The van der Waals surface area contributed by atoms with Crippen LogP contribution in [0.4, 0.5) is 4.79 Å². The average Bonchev–Trinajstić information content (AvgIpc) is 3.11. The largest absolute Gasteiger partial charge is 0.458 e. The molecule has 3 aromatic carbocycles. The summed E-state index contributed by atoms with van der Waals surface area (Å²) in [5.41, 5.74) is 6.00. The highest BCUT2D eigenvalue weighted by Crippen LogP contribution is 2.44. The topological polar surface area (TPSA) is 64.6 Å². The van der Waals surface area contributed by atoms with Gasteiger partial charge in [0.25, 0.3) is 0 Å². The maximum absolute atomic E-state index is 12.9. The van der Waals surface area contributed by atoms with Crippen molar-refractivity contribution in [2.45, 2.75) is 51.7 Å². The first-order chi connectivity index (χ1) is 16.2. The Balaban J connectivity index is 1.46. The summed E-state index contributed by atoms with van der Waals surface area (Å²) in [5, 5.41) is 2.74. The van der Waals surface area contributed by atoms with E-state index in [-0.39, 0.29) is 12.5 Å². The van der Waals surface area contributed by atoms with Gasteiger partial charge in [-0.1, -0.05) is 78.4 Å². The van der Waals surface area contributed by atoms with Crippen molar-refractivity contribution in [3.05, 3.63) is 95.1 Å². The molecule has 5 nitrogen and oxygen atoms in total. The van der Waals surface area contributed by atoms with Gasteiger partial charge in [-0.15, -0.1) is 0 Å². The lowest BCUT2D eigenvalue weighted by molar-refractivity contribution is -0.157. The lowest BCUT2D eigenvalue weighted by atomic mass is 9.98. The molecule has 176 valence electrons. The minimum Gasteiger partial charge on any atom is -0.458 e. The van der Waals surface area contributed by atoms with Crippen molar-refractivity contribution in [1.29, 1.82) is 0 Å². The van der Waals surface area contributed by atoms with Gasteiger partial charge >= 0.3 is 12.1 Å². The van der Waals surface area contributed by atoms with Crippen molar-refractivity contribution in [2.75, 3.05) is 6.61 Å². The molecule has 0 aliphatic heterocycles. The molecule has 0 heterocycles. The van der Waals surface area contributed by atoms with Crippen LogP contribution in [-0.4, -0.2) is 30.3 Å². The number of aryl methyl sites for hydroxylation is 1. The van der Waals surface area contributed by atoms with Gasteiger partial charge in [0.15, 0.2) is 0 Å². The molecule has 34 heavy (non-hydrogen) atoms. The molecule has 0 saturated heterocycles. The molecule has 0 aromatic heterocycles. The normalized spacial score (nSPS) is 13.5. The van der Waals surface area contributed by atoms with E-state index in [1.807, 2.05) is 55.5 Å². The van der Waals surface area contributed by atoms with Crippen molar-refractivity contribution in [2.24, 2.45) is 0 Å². The second-order valence-electron chi connectivity index (χ2n) is 9.75. The Hall–Kier alpha value is -3.60. The fourth-order valence-corrected chi connectivity index (χ4v) is 4.31. The highest BCUT2D eigenvalue weighted by Gasteiger charge is 2.31. The van der Waals surface area contributed by atoms with Gasteiger partial charge < -0.3 is 14.8 Å². The molecule has 4 rings (SSSR count). The Bertz CT molecular complexity index is 1130. The molecular formula is C29H31NO4. The Kier molecular flexibility index (Phi) is 6.73. The van der Waals surface area contributed by atoms with E-state index in [2.05, 4.69) is 29.6 Å². The summed E-state index contributed by atoms with van der Waals surface area (Å²) in [6.07, 6.45) is -0.316. The number of esters is 1. The summed E-state index contributed by atoms with van der Waals surface area (Å²) in [6, 6.07) is 23.4. The number of nitrogens with one attached hydrogen (secondary N) is 1. The van der Waals surface area contributed by atoms with E-state index in [0.29, 0.717) is 6.42 Å². The molecule has 0 radical (unpaired) electrons. The second-order valence-corrected chi connectivity index (χ2v) is 9.75. The van der Waals surface area contributed by atoms with E-state index >= 15 is 0 Å². The van der Waals surface area contributed by atoms with Gasteiger partial charge in [0, 0.05) is 12.3 Å². The third-order valence-corrected chi connectivity index (χ3v) is 5.89. The van der Waals surface area contributed by atoms with Gasteiger partial charge in [0.1, 0.15) is 18.2 Å². The number of rotatable bonds is 6. The van der Waals surface area contributed by atoms with Crippen LogP contribution in [0, 0.1) is 6.92 Å². The third-order valence-electron chi connectivity index (χ3n) is 5.89. The molecule has 1 aliphatic carbocycles. The van der Waals surface area contributed by atoms with E-state index in [9.17, 15) is 9.59 Å². The molecular weight excluding hydrogens is 426 g/mol. The van der Waals surface area contributed by atoms with E-state index in [4.69, 9.17) is 9.47 Å².